The second kappa shape index (κ2) is 5.03. The van der Waals surface area contributed by atoms with Crippen molar-refractivity contribution in [2.24, 2.45) is 11.3 Å². The molecule has 1 aromatic heterocycles. The van der Waals surface area contributed by atoms with E-state index in [0.717, 1.165) is 32.1 Å². The quantitative estimate of drug-likeness (QED) is 0.927. The maximum Gasteiger partial charge on any atom is 0.452 e. The van der Waals surface area contributed by atoms with Gasteiger partial charge >= 0.3 is 6.18 Å². The molecular formula is C14H17F3N2O2. The Balaban J connectivity index is 1.66. The van der Waals surface area contributed by atoms with Gasteiger partial charge in [-0.2, -0.15) is 13.2 Å². The maximum absolute atomic E-state index is 12.7. The lowest BCUT2D eigenvalue weighted by atomic mass is 9.55. The van der Waals surface area contributed by atoms with Crippen molar-refractivity contribution in [3.63, 3.8) is 0 Å². The zero-order valence-electron chi connectivity index (χ0n) is 11.5. The number of carbonyl (C=O) groups is 1. The SMILES string of the molecule is O=C(NCC1(C2CCC2)CCC1)c1ncoc1C(F)(F)F. The first-order valence-electron chi connectivity index (χ1n) is 7.21. The second-order valence-electron chi connectivity index (χ2n) is 6.05. The number of halogens is 3. The summed E-state index contributed by atoms with van der Waals surface area (Å²) in [5, 5.41) is 2.63. The van der Waals surface area contributed by atoms with E-state index >= 15 is 0 Å². The van der Waals surface area contributed by atoms with Crippen LogP contribution in [0.15, 0.2) is 10.8 Å². The van der Waals surface area contributed by atoms with E-state index in [0.29, 0.717) is 18.9 Å². The molecule has 0 radical (unpaired) electrons. The molecule has 0 aliphatic heterocycles. The zero-order chi connectivity index (χ0) is 15.1. The van der Waals surface area contributed by atoms with Crippen molar-refractivity contribution in [3.8, 4) is 0 Å². The Morgan fingerprint density at radius 2 is 2.10 bits per heavy atom. The van der Waals surface area contributed by atoms with Gasteiger partial charge in [-0.1, -0.05) is 12.8 Å². The van der Waals surface area contributed by atoms with E-state index in [1.165, 1.54) is 6.42 Å². The Hall–Kier alpha value is -1.53. The zero-order valence-corrected chi connectivity index (χ0v) is 11.5. The molecule has 1 heterocycles. The van der Waals surface area contributed by atoms with Crippen molar-refractivity contribution >= 4 is 5.91 Å². The normalized spacial score (nSPS) is 21.5. The topological polar surface area (TPSA) is 55.1 Å². The van der Waals surface area contributed by atoms with Crippen LogP contribution < -0.4 is 5.32 Å². The number of oxazole rings is 1. The molecule has 7 heteroatoms. The van der Waals surface area contributed by atoms with Crippen LogP contribution in [0.4, 0.5) is 13.2 Å². The van der Waals surface area contributed by atoms with Crippen LogP contribution in [0.3, 0.4) is 0 Å². The predicted octanol–water partition coefficient (Wildman–Crippen LogP) is 3.39. The Morgan fingerprint density at radius 1 is 1.38 bits per heavy atom. The summed E-state index contributed by atoms with van der Waals surface area (Å²) in [6.07, 6.45) is 2.70. The summed E-state index contributed by atoms with van der Waals surface area (Å²) >= 11 is 0. The first kappa shape index (κ1) is 14.4. The summed E-state index contributed by atoms with van der Waals surface area (Å²) in [5.41, 5.74) is -0.582. The van der Waals surface area contributed by atoms with Crippen LogP contribution in [0, 0.1) is 11.3 Å². The third kappa shape index (κ3) is 2.53. The minimum absolute atomic E-state index is 0.0933. The van der Waals surface area contributed by atoms with Crippen molar-refractivity contribution in [2.45, 2.75) is 44.7 Å². The highest BCUT2D eigenvalue weighted by Gasteiger charge is 2.47. The number of carbonyl (C=O) groups excluding carboxylic acids is 1. The van der Waals surface area contributed by atoms with Crippen LogP contribution in [0.25, 0.3) is 0 Å². The van der Waals surface area contributed by atoms with Gasteiger partial charge in [-0.05, 0) is 37.0 Å². The Labute approximate surface area is 120 Å². The van der Waals surface area contributed by atoms with Crippen LogP contribution in [-0.4, -0.2) is 17.4 Å². The third-order valence-electron chi connectivity index (χ3n) is 4.96. The largest absolute Gasteiger partial charge is 0.452 e. The van der Waals surface area contributed by atoms with Crippen LogP contribution in [0.2, 0.25) is 0 Å². The monoisotopic (exact) mass is 302 g/mol. The molecule has 0 saturated heterocycles. The Morgan fingerprint density at radius 3 is 2.57 bits per heavy atom. The molecule has 4 nitrogen and oxygen atoms in total. The maximum atomic E-state index is 12.7. The molecule has 116 valence electrons. The Kier molecular flexibility index (Phi) is 3.45. The number of alkyl halides is 3. The summed E-state index contributed by atoms with van der Waals surface area (Å²) in [7, 11) is 0. The van der Waals surface area contributed by atoms with Gasteiger partial charge in [-0.15, -0.1) is 0 Å². The molecule has 3 rings (SSSR count). The van der Waals surface area contributed by atoms with E-state index in [2.05, 4.69) is 14.7 Å². The van der Waals surface area contributed by atoms with Crippen molar-refractivity contribution in [2.75, 3.05) is 6.54 Å². The van der Waals surface area contributed by atoms with E-state index in [4.69, 9.17) is 0 Å². The number of amides is 1. The van der Waals surface area contributed by atoms with Crippen LogP contribution in [0.1, 0.15) is 54.8 Å². The number of nitrogens with zero attached hydrogens (tertiary/aromatic N) is 1. The second-order valence-corrected chi connectivity index (χ2v) is 6.05. The van der Waals surface area contributed by atoms with Crippen molar-refractivity contribution in [3.05, 3.63) is 17.8 Å². The molecule has 2 saturated carbocycles. The lowest BCUT2D eigenvalue weighted by Crippen LogP contribution is -2.49. The van der Waals surface area contributed by atoms with Gasteiger partial charge in [0.2, 0.25) is 5.76 Å². The van der Waals surface area contributed by atoms with Gasteiger partial charge in [0.25, 0.3) is 5.91 Å². The minimum atomic E-state index is -4.70. The summed E-state index contributed by atoms with van der Waals surface area (Å²) < 4.78 is 42.3. The molecule has 0 spiro atoms. The summed E-state index contributed by atoms with van der Waals surface area (Å²) in [6, 6.07) is 0. The summed E-state index contributed by atoms with van der Waals surface area (Å²) in [4.78, 5) is 15.4. The first-order chi connectivity index (χ1) is 9.92. The molecule has 2 aliphatic rings. The standard InChI is InChI=1S/C14H17F3N2O2/c15-14(16,17)11-10(19-8-21-11)12(20)18-7-13(5-2-6-13)9-3-1-4-9/h8-9H,1-7H2,(H,18,20). The van der Waals surface area contributed by atoms with Gasteiger partial charge < -0.3 is 9.73 Å². The molecule has 1 N–H and O–H groups in total. The molecule has 2 aliphatic carbocycles. The highest BCUT2D eigenvalue weighted by Crippen LogP contribution is 2.53. The Bertz CT molecular complexity index is 531. The van der Waals surface area contributed by atoms with E-state index in [1.807, 2.05) is 0 Å². The molecular weight excluding hydrogens is 285 g/mol. The highest BCUT2D eigenvalue weighted by molar-refractivity contribution is 5.93. The van der Waals surface area contributed by atoms with Gasteiger partial charge in [0.15, 0.2) is 12.1 Å². The van der Waals surface area contributed by atoms with E-state index in [1.54, 1.807) is 0 Å². The molecule has 2 fully saturated rings. The minimum Gasteiger partial charge on any atom is -0.438 e. The lowest BCUT2D eigenvalue weighted by Gasteiger charge is -2.51. The molecule has 0 bridgehead atoms. The van der Waals surface area contributed by atoms with Crippen LogP contribution in [-0.2, 0) is 6.18 Å². The van der Waals surface area contributed by atoms with Gasteiger partial charge in [-0.3, -0.25) is 4.79 Å². The smallest absolute Gasteiger partial charge is 0.438 e. The predicted molar refractivity (Wildman–Crippen MR) is 67.5 cm³/mol. The molecule has 0 unspecified atom stereocenters. The van der Waals surface area contributed by atoms with Crippen molar-refractivity contribution < 1.29 is 22.4 Å². The first-order valence-corrected chi connectivity index (χ1v) is 7.21. The third-order valence-corrected chi connectivity index (χ3v) is 4.96. The van der Waals surface area contributed by atoms with Crippen LogP contribution >= 0.6 is 0 Å². The fraction of sp³-hybridized carbons (Fsp3) is 0.714. The molecule has 1 aromatic rings. The van der Waals surface area contributed by atoms with Crippen molar-refractivity contribution in [1.82, 2.24) is 10.3 Å². The average molecular weight is 302 g/mol. The van der Waals surface area contributed by atoms with E-state index < -0.39 is 23.5 Å². The van der Waals surface area contributed by atoms with E-state index in [9.17, 15) is 18.0 Å². The fourth-order valence-corrected chi connectivity index (χ4v) is 3.33. The van der Waals surface area contributed by atoms with Gasteiger partial charge in [0.05, 0.1) is 0 Å². The van der Waals surface area contributed by atoms with Gasteiger partial charge in [-0.25, -0.2) is 4.98 Å². The number of hydrogen-bond donors (Lipinski definition) is 1. The van der Waals surface area contributed by atoms with Gasteiger partial charge in [0.1, 0.15) is 0 Å². The van der Waals surface area contributed by atoms with Crippen molar-refractivity contribution in [1.29, 1.82) is 0 Å². The molecule has 0 aromatic carbocycles. The highest BCUT2D eigenvalue weighted by atomic mass is 19.4. The average Bonchev–Trinajstić information content (AvgIpc) is 2.78. The van der Waals surface area contributed by atoms with E-state index in [-0.39, 0.29) is 5.41 Å². The number of rotatable bonds is 4. The number of hydrogen-bond acceptors (Lipinski definition) is 3. The lowest BCUT2D eigenvalue weighted by molar-refractivity contribution is -0.153. The fourth-order valence-electron chi connectivity index (χ4n) is 3.33. The molecule has 1 amide bonds. The number of nitrogens with one attached hydrogen (secondary N) is 1. The summed E-state index contributed by atoms with van der Waals surface area (Å²) in [6.45, 7) is 0.431. The number of aromatic nitrogens is 1. The molecule has 0 atom stereocenters. The van der Waals surface area contributed by atoms with Gasteiger partial charge in [0, 0.05) is 6.54 Å². The van der Waals surface area contributed by atoms with Crippen LogP contribution in [0.5, 0.6) is 0 Å². The summed E-state index contributed by atoms with van der Waals surface area (Å²) in [5.74, 6) is -1.53. The molecule has 21 heavy (non-hydrogen) atoms.